The van der Waals surface area contributed by atoms with Crippen LogP contribution in [0, 0.1) is 11.7 Å². The van der Waals surface area contributed by atoms with E-state index in [1.54, 1.807) is 12.1 Å². The second-order valence-electron chi connectivity index (χ2n) is 4.97. The third kappa shape index (κ3) is 2.97. The van der Waals surface area contributed by atoms with Crippen molar-refractivity contribution in [3.8, 4) is 0 Å². The zero-order chi connectivity index (χ0) is 12.3. The molecule has 0 radical (unpaired) electrons. The highest BCUT2D eigenvalue weighted by atomic mass is 19.1. The Labute approximate surface area is 102 Å². The van der Waals surface area contributed by atoms with E-state index in [-0.39, 0.29) is 12.4 Å². The lowest BCUT2D eigenvalue weighted by molar-refractivity contribution is 0.281. The van der Waals surface area contributed by atoms with Crippen LogP contribution in [-0.4, -0.2) is 18.7 Å². The summed E-state index contributed by atoms with van der Waals surface area (Å²) in [4.78, 5) is 1.99. The predicted octanol–water partition coefficient (Wildman–Crippen LogP) is 2.94. The molecule has 17 heavy (non-hydrogen) atoms. The van der Waals surface area contributed by atoms with Crippen LogP contribution in [0.25, 0.3) is 0 Å². The van der Waals surface area contributed by atoms with E-state index in [9.17, 15) is 4.39 Å². The number of benzene rings is 1. The van der Waals surface area contributed by atoms with Gasteiger partial charge in [-0.2, -0.15) is 0 Å². The van der Waals surface area contributed by atoms with Crippen LogP contribution in [0.5, 0.6) is 0 Å². The molecule has 0 saturated heterocycles. The molecule has 0 unspecified atom stereocenters. The third-order valence-electron chi connectivity index (χ3n) is 3.61. The number of aliphatic hydroxyl groups excluding tert-OH is 1. The number of halogens is 1. The van der Waals surface area contributed by atoms with Crippen molar-refractivity contribution in [2.45, 2.75) is 32.3 Å². The van der Waals surface area contributed by atoms with Gasteiger partial charge in [0, 0.05) is 13.6 Å². The molecule has 1 saturated carbocycles. The Hall–Kier alpha value is -1.09. The molecule has 1 aliphatic carbocycles. The Morgan fingerprint density at radius 2 is 2.06 bits per heavy atom. The van der Waals surface area contributed by atoms with E-state index in [0.717, 1.165) is 6.54 Å². The maximum absolute atomic E-state index is 13.8. The summed E-state index contributed by atoms with van der Waals surface area (Å²) in [5.41, 5.74) is 1.26. The predicted molar refractivity (Wildman–Crippen MR) is 67.6 cm³/mol. The molecule has 1 aromatic rings. The molecule has 0 aromatic heterocycles. The van der Waals surface area contributed by atoms with Crippen LogP contribution in [0.1, 0.15) is 31.2 Å². The van der Waals surface area contributed by atoms with Gasteiger partial charge in [0.15, 0.2) is 0 Å². The molecule has 0 heterocycles. The van der Waals surface area contributed by atoms with Gasteiger partial charge in [0.05, 0.1) is 12.3 Å². The Bertz CT molecular complexity index is 374. The van der Waals surface area contributed by atoms with E-state index in [1.807, 2.05) is 11.9 Å². The average Bonchev–Trinajstić information content (AvgIpc) is 2.81. The van der Waals surface area contributed by atoms with Crippen molar-refractivity contribution >= 4 is 5.69 Å². The smallest absolute Gasteiger partial charge is 0.146 e. The van der Waals surface area contributed by atoms with Crippen molar-refractivity contribution < 1.29 is 9.50 Å². The van der Waals surface area contributed by atoms with Crippen molar-refractivity contribution in [3.05, 3.63) is 29.6 Å². The summed E-state index contributed by atoms with van der Waals surface area (Å²) in [7, 11) is 1.94. The van der Waals surface area contributed by atoms with Gasteiger partial charge < -0.3 is 10.0 Å². The van der Waals surface area contributed by atoms with Crippen LogP contribution in [0.4, 0.5) is 10.1 Å². The molecular formula is C14H20FNO. The van der Waals surface area contributed by atoms with E-state index in [1.165, 1.54) is 31.7 Å². The van der Waals surface area contributed by atoms with Gasteiger partial charge in [-0.25, -0.2) is 4.39 Å². The van der Waals surface area contributed by atoms with Crippen molar-refractivity contribution in [3.63, 3.8) is 0 Å². The summed E-state index contributed by atoms with van der Waals surface area (Å²) >= 11 is 0. The Balaban J connectivity index is 2.04. The summed E-state index contributed by atoms with van der Waals surface area (Å²) < 4.78 is 13.8. The number of hydrogen-bond acceptors (Lipinski definition) is 2. The maximum atomic E-state index is 13.8. The van der Waals surface area contributed by atoms with E-state index >= 15 is 0 Å². The lowest BCUT2D eigenvalue weighted by Gasteiger charge is -2.23. The van der Waals surface area contributed by atoms with Gasteiger partial charge in [-0.15, -0.1) is 0 Å². The summed E-state index contributed by atoms with van der Waals surface area (Å²) in [6.45, 7) is 0.818. The molecule has 1 aliphatic rings. The first-order chi connectivity index (χ1) is 8.20. The highest BCUT2D eigenvalue weighted by Crippen LogP contribution is 2.28. The van der Waals surface area contributed by atoms with Gasteiger partial charge in [-0.3, -0.25) is 0 Å². The van der Waals surface area contributed by atoms with E-state index in [0.29, 0.717) is 17.2 Å². The normalized spacial score (nSPS) is 16.4. The quantitative estimate of drug-likeness (QED) is 0.870. The lowest BCUT2D eigenvalue weighted by atomic mass is 10.1. The number of rotatable bonds is 4. The van der Waals surface area contributed by atoms with Crippen molar-refractivity contribution in [1.82, 2.24) is 0 Å². The summed E-state index contributed by atoms with van der Waals surface area (Å²) in [6.07, 6.45) is 5.15. The van der Waals surface area contributed by atoms with Gasteiger partial charge in [0.25, 0.3) is 0 Å². The molecule has 0 aliphatic heterocycles. The second kappa shape index (κ2) is 5.50. The summed E-state index contributed by atoms with van der Waals surface area (Å²) in [5, 5.41) is 8.94. The van der Waals surface area contributed by atoms with Crippen LogP contribution in [-0.2, 0) is 6.61 Å². The second-order valence-corrected chi connectivity index (χ2v) is 4.97. The Kier molecular flexibility index (Phi) is 4.00. The van der Waals surface area contributed by atoms with Crippen molar-refractivity contribution in [2.24, 2.45) is 5.92 Å². The van der Waals surface area contributed by atoms with E-state index < -0.39 is 0 Å². The van der Waals surface area contributed by atoms with Gasteiger partial charge in [0.2, 0.25) is 0 Å². The number of nitrogens with zero attached hydrogens (tertiary/aromatic N) is 1. The molecule has 1 fully saturated rings. The first kappa shape index (κ1) is 12.4. The molecule has 0 bridgehead atoms. The lowest BCUT2D eigenvalue weighted by Crippen LogP contribution is -2.24. The largest absolute Gasteiger partial charge is 0.392 e. The highest BCUT2D eigenvalue weighted by molar-refractivity contribution is 5.48. The Morgan fingerprint density at radius 1 is 1.35 bits per heavy atom. The fourth-order valence-corrected chi connectivity index (χ4v) is 2.64. The van der Waals surface area contributed by atoms with E-state index in [4.69, 9.17) is 5.11 Å². The highest BCUT2D eigenvalue weighted by Gasteiger charge is 2.18. The fraction of sp³-hybridized carbons (Fsp3) is 0.571. The molecule has 3 heteroatoms. The minimum absolute atomic E-state index is 0.108. The molecule has 0 atom stereocenters. The summed E-state index contributed by atoms with van der Waals surface area (Å²) in [6, 6.07) is 4.96. The minimum atomic E-state index is -0.239. The Morgan fingerprint density at radius 3 is 2.65 bits per heavy atom. The van der Waals surface area contributed by atoms with Crippen molar-refractivity contribution in [2.75, 3.05) is 18.5 Å². The molecule has 1 N–H and O–H groups in total. The zero-order valence-electron chi connectivity index (χ0n) is 10.3. The zero-order valence-corrected chi connectivity index (χ0v) is 10.3. The fourth-order valence-electron chi connectivity index (χ4n) is 2.64. The summed E-state index contributed by atoms with van der Waals surface area (Å²) in [5.74, 6) is 0.467. The molecule has 2 nitrogen and oxygen atoms in total. The van der Waals surface area contributed by atoms with Crippen LogP contribution in [0.3, 0.4) is 0 Å². The van der Waals surface area contributed by atoms with Crippen LogP contribution in [0.15, 0.2) is 18.2 Å². The van der Waals surface area contributed by atoms with Crippen molar-refractivity contribution in [1.29, 1.82) is 0 Å². The maximum Gasteiger partial charge on any atom is 0.146 e. The van der Waals surface area contributed by atoms with Crippen LogP contribution < -0.4 is 4.90 Å². The van der Waals surface area contributed by atoms with Crippen LogP contribution in [0.2, 0.25) is 0 Å². The molecule has 0 spiro atoms. The molecule has 1 aromatic carbocycles. The standard InChI is InChI=1S/C14H20FNO/c1-16(9-11-4-2-3-5-11)14-7-6-12(10-17)8-13(14)15/h6-8,11,17H,2-5,9-10H2,1H3. The third-order valence-corrected chi connectivity index (χ3v) is 3.61. The molecule has 0 amide bonds. The van der Waals surface area contributed by atoms with Gasteiger partial charge in [-0.1, -0.05) is 18.9 Å². The number of anilines is 1. The molecule has 2 rings (SSSR count). The van der Waals surface area contributed by atoms with Gasteiger partial charge in [-0.05, 0) is 36.5 Å². The van der Waals surface area contributed by atoms with Gasteiger partial charge >= 0.3 is 0 Å². The average molecular weight is 237 g/mol. The number of aliphatic hydroxyl groups is 1. The minimum Gasteiger partial charge on any atom is -0.392 e. The van der Waals surface area contributed by atoms with Gasteiger partial charge in [0.1, 0.15) is 5.82 Å². The topological polar surface area (TPSA) is 23.5 Å². The molecule has 94 valence electrons. The first-order valence-electron chi connectivity index (χ1n) is 6.31. The number of hydrogen-bond donors (Lipinski definition) is 1. The molecular weight excluding hydrogens is 217 g/mol. The first-order valence-corrected chi connectivity index (χ1v) is 6.31. The SMILES string of the molecule is CN(CC1CCCC1)c1ccc(CO)cc1F. The van der Waals surface area contributed by atoms with E-state index in [2.05, 4.69) is 0 Å². The monoisotopic (exact) mass is 237 g/mol. The van der Waals surface area contributed by atoms with Crippen LogP contribution >= 0.6 is 0 Å².